The van der Waals surface area contributed by atoms with Gasteiger partial charge in [0.2, 0.25) is 0 Å². The van der Waals surface area contributed by atoms with Crippen molar-refractivity contribution in [3.05, 3.63) is 126 Å². The Morgan fingerprint density at radius 1 is 0.500 bits per heavy atom. The summed E-state index contributed by atoms with van der Waals surface area (Å²) in [5, 5.41) is 7.57. The third-order valence-corrected chi connectivity index (χ3v) is 9.88. The number of nitrogens with one attached hydrogen (secondary N) is 2. The van der Waals surface area contributed by atoms with Crippen LogP contribution in [0, 0.1) is 0 Å². The summed E-state index contributed by atoms with van der Waals surface area (Å²) in [6.45, 7) is 4.71. The standard InChI is InChI=1S/C39H27N3/c1-39(2)29-12-6-3-9-23(29)24-16-15-22(21-30(24)39)42-33-19-17-27-25-10-4-7-13-31(25)40-37(27)35(33)36-34(42)20-18-28-26-11-5-8-14-32(26)41-38(28)36/h3-21,40-41H,1-2H3. The lowest BCUT2D eigenvalue weighted by atomic mass is 9.82. The lowest BCUT2D eigenvalue weighted by molar-refractivity contribution is 0.660. The molecule has 1 aliphatic carbocycles. The van der Waals surface area contributed by atoms with Crippen molar-refractivity contribution in [2.75, 3.05) is 0 Å². The van der Waals surface area contributed by atoms with E-state index in [0.29, 0.717) is 0 Å². The van der Waals surface area contributed by atoms with Crippen LogP contribution >= 0.6 is 0 Å². The summed E-state index contributed by atoms with van der Waals surface area (Å²) in [5.41, 5.74) is 13.8. The zero-order chi connectivity index (χ0) is 27.7. The summed E-state index contributed by atoms with van der Waals surface area (Å²) in [6.07, 6.45) is 0. The predicted molar refractivity (Wildman–Crippen MR) is 177 cm³/mol. The van der Waals surface area contributed by atoms with Gasteiger partial charge in [0, 0.05) is 54.5 Å². The fourth-order valence-electron chi connectivity index (χ4n) is 7.93. The molecule has 3 nitrogen and oxygen atoms in total. The summed E-state index contributed by atoms with van der Waals surface area (Å²) in [5.74, 6) is 0. The SMILES string of the molecule is CC1(C)c2ccccc2-c2ccc(-n3c4ccc5c6ccccc6[nH]c5c4c4c5[nH]c6ccccc6c5ccc43)cc21. The van der Waals surface area contributed by atoms with Crippen molar-refractivity contribution in [3.63, 3.8) is 0 Å². The van der Waals surface area contributed by atoms with E-state index in [4.69, 9.17) is 0 Å². The first-order valence-corrected chi connectivity index (χ1v) is 14.7. The van der Waals surface area contributed by atoms with Gasteiger partial charge in [-0.1, -0.05) is 92.7 Å². The van der Waals surface area contributed by atoms with Gasteiger partial charge in [0.1, 0.15) is 0 Å². The van der Waals surface area contributed by atoms with Crippen LogP contribution in [0.1, 0.15) is 25.0 Å². The zero-order valence-electron chi connectivity index (χ0n) is 23.4. The molecule has 3 aromatic heterocycles. The normalized spacial score (nSPS) is 14.1. The van der Waals surface area contributed by atoms with Gasteiger partial charge >= 0.3 is 0 Å². The van der Waals surface area contributed by atoms with Crippen LogP contribution in [0.25, 0.3) is 82.2 Å². The second kappa shape index (κ2) is 7.51. The lowest BCUT2D eigenvalue weighted by Crippen LogP contribution is -2.15. The Bertz CT molecular complexity index is 2480. The molecule has 9 aromatic rings. The van der Waals surface area contributed by atoms with Crippen LogP contribution in [0.15, 0.2) is 115 Å². The molecule has 1 aliphatic rings. The first kappa shape index (κ1) is 22.4. The molecule has 10 rings (SSSR count). The van der Waals surface area contributed by atoms with E-state index in [-0.39, 0.29) is 5.41 Å². The Hall–Kier alpha value is -5.28. The van der Waals surface area contributed by atoms with E-state index in [9.17, 15) is 0 Å². The molecule has 198 valence electrons. The molecule has 0 unspecified atom stereocenters. The molecule has 0 bridgehead atoms. The molecule has 0 saturated heterocycles. The molecule has 0 amide bonds. The van der Waals surface area contributed by atoms with Crippen molar-refractivity contribution in [2.24, 2.45) is 0 Å². The molecule has 3 heteroatoms. The maximum atomic E-state index is 3.82. The maximum absolute atomic E-state index is 3.82. The number of fused-ring (bicyclic) bond motifs is 14. The van der Waals surface area contributed by atoms with Crippen molar-refractivity contribution < 1.29 is 0 Å². The molecule has 0 spiro atoms. The van der Waals surface area contributed by atoms with E-state index < -0.39 is 0 Å². The molecule has 0 aliphatic heterocycles. The second-order valence-corrected chi connectivity index (χ2v) is 12.3. The number of aromatic nitrogens is 3. The minimum atomic E-state index is -0.0599. The fourth-order valence-corrected chi connectivity index (χ4v) is 7.93. The van der Waals surface area contributed by atoms with Gasteiger partial charge in [-0.2, -0.15) is 0 Å². The number of hydrogen-bond donors (Lipinski definition) is 2. The monoisotopic (exact) mass is 537 g/mol. The smallest absolute Gasteiger partial charge is 0.0567 e. The number of para-hydroxylation sites is 2. The Balaban J connectivity index is 1.38. The molecule has 0 atom stereocenters. The van der Waals surface area contributed by atoms with Gasteiger partial charge in [0.25, 0.3) is 0 Å². The van der Waals surface area contributed by atoms with Gasteiger partial charge in [0.05, 0.1) is 22.1 Å². The first-order valence-electron chi connectivity index (χ1n) is 14.7. The first-order chi connectivity index (χ1) is 20.6. The van der Waals surface area contributed by atoms with Crippen molar-refractivity contribution in [1.82, 2.24) is 14.5 Å². The molecule has 0 saturated carbocycles. The Kier molecular flexibility index (Phi) is 4.01. The summed E-state index contributed by atoms with van der Waals surface area (Å²) < 4.78 is 2.47. The van der Waals surface area contributed by atoms with Crippen molar-refractivity contribution >= 4 is 65.4 Å². The fraction of sp³-hybridized carbons (Fsp3) is 0.0769. The van der Waals surface area contributed by atoms with Gasteiger partial charge in [0.15, 0.2) is 0 Å². The Morgan fingerprint density at radius 3 is 1.69 bits per heavy atom. The van der Waals surface area contributed by atoms with Crippen LogP contribution in [-0.4, -0.2) is 14.5 Å². The zero-order valence-corrected chi connectivity index (χ0v) is 23.4. The van der Waals surface area contributed by atoms with Gasteiger partial charge in [-0.05, 0) is 58.7 Å². The Morgan fingerprint density at radius 2 is 1.05 bits per heavy atom. The highest BCUT2D eigenvalue weighted by Gasteiger charge is 2.35. The maximum Gasteiger partial charge on any atom is 0.0567 e. The molecule has 3 heterocycles. The quantitative estimate of drug-likeness (QED) is 0.209. The largest absolute Gasteiger partial charge is 0.354 e. The van der Waals surface area contributed by atoms with Gasteiger partial charge in [-0.3, -0.25) is 0 Å². The third-order valence-electron chi connectivity index (χ3n) is 9.88. The third kappa shape index (κ3) is 2.62. The summed E-state index contributed by atoms with van der Waals surface area (Å²) >= 11 is 0. The topological polar surface area (TPSA) is 36.5 Å². The lowest BCUT2D eigenvalue weighted by Gasteiger charge is -2.22. The van der Waals surface area contributed by atoms with Gasteiger partial charge < -0.3 is 14.5 Å². The van der Waals surface area contributed by atoms with Crippen LogP contribution in [0.3, 0.4) is 0 Å². The predicted octanol–water partition coefficient (Wildman–Crippen LogP) is 10.4. The number of nitrogens with zero attached hydrogens (tertiary/aromatic N) is 1. The number of aromatic amines is 2. The van der Waals surface area contributed by atoms with Crippen LogP contribution in [-0.2, 0) is 5.41 Å². The number of rotatable bonds is 1. The molecule has 0 fully saturated rings. The van der Waals surface area contributed by atoms with Crippen molar-refractivity contribution in [2.45, 2.75) is 19.3 Å². The van der Waals surface area contributed by atoms with E-state index >= 15 is 0 Å². The minimum Gasteiger partial charge on any atom is -0.354 e. The van der Waals surface area contributed by atoms with Crippen molar-refractivity contribution in [3.8, 4) is 16.8 Å². The molecular weight excluding hydrogens is 510 g/mol. The Labute approximate surface area is 242 Å². The highest BCUT2D eigenvalue weighted by Crippen LogP contribution is 2.50. The van der Waals surface area contributed by atoms with E-state index in [1.807, 2.05) is 0 Å². The van der Waals surface area contributed by atoms with Crippen LogP contribution in [0.4, 0.5) is 0 Å². The van der Waals surface area contributed by atoms with Gasteiger partial charge in [-0.15, -0.1) is 0 Å². The van der Waals surface area contributed by atoms with Crippen LogP contribution < -0.4 is 0 Å². The number of H-pyrrole nitrogens is 2. The molecule has 42 heavy (non-hydrogen) atoms. The minimum absolute atomic E-state index is 0.0599. The van der Waals surface area contributed by atoms with E-state index in [2.05, 4.69) is 144 Å². The average Bonchev–Trinajstić information content (AvgIpc) is 3.74. The number of benzene rings is 6. The molecule has 2 N–H and O–H groups in total. The van der Waals surface area contributed by atoms with Crippen LogP contribution in [0.2, 0.25) is 0 Å². The van der Waals surface area contributed by atoms with E-state index in [0.717, 1.165) is 0 Å². The van der Waals surface area contributed by atoms with E-state index in [1.165, 1.54) is 93.4 Å². The summed E-state index contributed by atoms with van der Waals surface area (Å²) in [6, 6.07) is 42.4. The summed E-state index contributed by atoms with van der Waals surface area (Å²) in [7, 11) is 0. The van der Waals surface area contributed by atoms with Crippen molar-refractivity contribution in [1.29, 1.82) is 0 Å². The molecule has 6 aromatic carbocycles. The van der Waals surface area contributed by atoms with Crippen LogP contribution in [0.5, 0.6) is 0 Å². The molecular formula is C39H27N3. The molecule has 0 radical (unpaired) electrons. The number of hydrogen-bond acceptors (Lipinski definition) is 0. The summed E-state index contributed by atoms with van der Waals surface area (Å²) in [4.78, 5) is 7.63. The second-order valence-electron chi connectivity index (χ2n) is 12.3. The van der Waals surface area contributed by atoms with Gasteiger partial charge in [-0.25, -0.2) is 0 Å². The highest BCUT2D eigenvalue weighted by molar-refractivity contribution is 6.32. The van der Waals surface area contributed by atoms with E-state index in [1.54, 1.807) is 0 Å². The highest BCUT2D eigenvalue weighted by atomic mass is 15.0. The average molecular weight is 538 g/mol.